The molecule has 0 aliphatic rings. The molecule has 4 N–H and O–H groups in total. The van der Waals surface area contributed by atoms with E-state index < -0.39 is 17.6 Å². The molecule has 0 saturated carbocycles. The number of aromatic hydroxyl groups is 1. The maximum absolute atomic E-state index is 12.3. The number of ether oxygens (including phenoxy) is 1. The summed E-state index contributed by atoms with van der Waals surface area (Å²) in [6.45, 7) is 0. The number of halogens is 1. The molecule has 2 aromatic rings. The first kappa shape index (κ1) is 18.5. The first-order valence-electron chi connectivity index (χ1n) is 6.84. The number of phenols is 1. The van der Waals surface area contributed by atoms with Gasteiger partial charge < -0.3 is 20.3 Å². The fourth-order valence-electron chi connectivity index (χ4n) is 1.98. The molecule has 0 bridgehead atoms. The number of rotatable bonds is 4. The Morgan fingerprint density at radius 1 is 1.16 bits per heavy atom. The van der Waals surface area contributed by atoms with Crippen molar-refractivity contribution in [3.8, 4) is 11.5 Å². The van der Waals surface area contributed by atoms with Gasteiger partial charge in [-0.3, -0.25) is 10.1 Å². The standard InChI is InChI=1S/C16H13ClN2O5S/c1-24-13-5-2-8(17)6-11(13)14(21)19-16(25)18-9-3-4-10(15(22)23)12(20)7-9/h2-7,20H,1H3,(H,22,23)(H2,18,19,21,25). The molecular formula is C16H13ClN2O5S. The van der Waals surface area contributed by atoms with Crippen molar-refractivity contribution in [1.29, 1.82) is 0 Å². The van der Waals surface area contributed by atoms with E-state index in [4.69, 9.17) is 33.7 Å². The van der Waals surface area contributed by atoms with Crippen LogP contribution >= 0.6 is 23.8 Å². The minimum Gasteiger partial charge on any atom is -0.507 e. The lowest BCUT2D eigenvalue weighted by Crippen LogP contribution is -2.34. The molecule has 0 spiro atoms. The Morgan fingerprint density at radius 2 is 1.88 bits per heavy atom. The summed E-state index contributed by atoms with van der Waals surface area (Å²) in [5, 5.41) is 24.0. The van der Waals surface area contributed by atoms with Gasteiger partial charge in [-0.25, -0.2) is 4.79 Å². The summed E-state index contributed by atoms with van der Waals surface area (Å²) in [5.74, 6) is -1.90. The van der Waals surface area contributed by atoms with Crippen LogP contribution < -0.4 is 15.4 Å². The second kappa shape index (κ2) is 7.82. The van der Waals surface area contributed by atoms with Gasteiger partial charge in [0, 0.05) is 16.8 Å². The molecule has 130 valence electrons. The summed E-state index contributed by atoms with van der Waals surface area (Å²) >= 11 is 10.9. The third kappa shape index (κ3) is 4.59. The molecule has 1 amide bonds. The lowest BCUT2D eigenvalue weighted by Gasteiger charge is -2.12. The maximum atomic E-state index is 12.3. The van der Waals surface area contributed by atoms with E-state index in [1.165, 1.54) is 31.4 Å². The van der Waals surface area contributed by atoms with E-state index >= 15 is 0 Å². The van der Waals surface area contributed by atoms with Crippen LogP contribution in [0.2, 0.25) is 5.02 Å². The summed E-state index contributed by atoms with van der Waals surface area (Å²) in [6.07, 6.45) is 0. The van der Waals surface area contributed by atoms with Crippen LogP contribution in [0.4, 0.5) is 5.69 Å². The van der Waals surface area contributed by atoms with Gasteiger partial charge in [-0.15, -0.1) is 0 Å². The summed E-state index contributed by atoms with van der Waals surface area (Å²) in [6, 6.07) is 8.37. The second-order valence-corrected chi connectivity index (χ2v) is 5.63. The number of thiocarbonyl (C=S) groups is 1. The van der Waals surface area contributed by atoms with E-state index in [1.54, 1.807) is 12.1 Å². The predicted octanol–water partition coefficient (Wildman–Crippen LogP) is 2.88. The lowest BCUT2D eigenvalue weighted by molar-refractivity contribution is 0.0693. The number of carboxylic acid groups (broad SMARTS) is 1. The van der Waals surface area contributed by atoms with Crippen molar-refractivity contribution >= 4 is 46.5 Å². The van der Waals surface area contributed by atoms with E-state index in [0.29, 0.717) is 16.5 Å². The number of anilines is 1. The highest BCUT2D eigenvalue weighted by atomic mass is 35.5. The van der Waals surface area contributed by atoms with Crippen LogP contribution in [-0.2, 0) is 0 Å². The molecule has 0 aliphatic heterocycles. The third-order valence-corrected chi connectivity index (χ3v) is 3.56. The average molecular weight is 381 g/mol. The van der Waals surface area contributed by atoms with Gasteiger partial charge in [0.25, 0.3) is 5.91 Å². The lowest BCUT2D eigenvalue weighted by atomic mass is 10.2. The van der Waals surface area contributed by atoms with Crippen molar-refractivity contribution in [3.05, 3.63) is 52.5 Å². The number of carboxylic acids is 1. The Morgan fingerprint density at radius 3 is 2.48 bits per heavy atom. The Hall–Kier alpha value is -2.84. The Balaban J connectivity index is 2.10. The van der Waals surface area contributed by atoms with Crippen LogP contribution in [0.3, 0.4) is 0 Å². The van der Waals surface area contributed by atoms with Crippen molar-refractivity contribution < 1.29 is 24.5 Å². The highest BCUT2D eigenvalue weighted by Gasteiger charge is 2.15. The number of nitrogens with one attached hydrogen (secondary N) is 2. The minimum atomic E-state index is -1.26. The SMILES string of the molecule is COc1ccc(Cl)cc1C(=O)NC(=S)Nc1ccc(C(=O)O)c(O)c1. The number of hydrogen-bond acceptors (Lipinski definition) is 5. The number of hydrogen-bond donors (Lipinski definition) is 4. The summed E-state index contributed by atoms with van der Waals surface area (Å²) in [5.41, 5.74) is 0.262. The molecule has 0 radical (unpaired) electrons. The largest absolute Gasteiger partial charge is 0.507 e. The highest BCUT2D eigenvalue weighted by Crippen LogP contribution is 2.23. The van der Waals surface area contributed by atoms with E-state index in [-0.39, 0.29) is 16.2 Å². The molecule has 0 heterocycles. The van der Waals surface area contributed by atoms with Crippen LogP contribution in [0.5, 0.6) is 11.5 Å². The van der Waals surface area contributed by atoms with E-state index in [0.717, 1.165) is 0 Å². The molecule has 0 fully saturated rings. The number of carbonyl (C=O) groups excluding carboxylic acids is 1. The van der Waals surface area contributed by atoms with Crippen LogP contribution in [-0.4, -0.2) is 34.3 Å². The summed E-state index contributed by atoms with van der Waals surface area (Å²) in [4.78, 5) is 23.1. The average Bonchev–Trinajstić information content (AvgIpc) is 2.54. The van der Waals surface area contributed by atoms with Crippen LogP contribution in [0.15, 0.2) is 36.4 Å². The molecule has 25 heavy (non-hydrogen) atoms. The molecule has 0 atom stereocenters. The highest BCUT2D eigenvalue weighted by molar-refractivity contribution is 7.80. The number of benzene rings is 2. The van der Waals surface area contributed by atoms with E-state index in [1.807, 2.05) is 0 Å². The first-order valence-corrected chi connectivity index (χ1v) is 7.62. The van der Waals surface area contributed by atoms with Gasteiger partial charge >= 0.3 is 5.97 Å². The van der Waals surface area contributed by atoms with Gasteiger partial charge in [0.1, 0.15) is 17.1 Å². The van der Waals surface area contributed by atoms with Crippen LogP contribution in [0.1, 0.15) is 20.7 Å². The quantitative estimate of drug-likeness (QED) is 0.604. The van der Waals surface area contributed by atoms with Crippen molar-refractivity contribution in [2.24, 2.45) is 0 Å². The van der Waals surface area contributed by atoms with Crippen molar-refractivity contribution in [2.75, 3.05) is 12.4 Å². The van der Waals surface area contributed by atoms with Gasteiger partial charge in [-0.05, 0) is 42.5 Å². The molecular weight excluding hydrogens is 368 g/mol. The zero-order chi connectivity index (χ0) is 18.6. The number of aromatic carboxylic acids is 1. The van der Waals surface area contributed by atoms with Crippen LogP contribution in [0.25, 0.3) is 0 Å². The smallest absolute Gasteiger partial charge is 0.339 e. The van der Waals surface area contributed by atoms with Gasteiger partial charge in [-0.1, -0.05) is 11.6 Å². The zero-order valence-corrected chi connectivity index (χ0v) is 14.4. The predicted molar refractivity (Wildman–Crippen MR) is 96.8 cm³/mol. The fourth-order valence-corrected chi connectivity index (χ4v) is 2.36. The number of amides is 1. The van der Waals surface area contributed by atoms with Gasteiger partial charge in [0.15, 0.2) is 5.11 Å². The van der Waals surface area contributed by atoms with Crippen LogP contribution in [0, 0.1) is 0 Å². The molecule has 2 rings (SSSR count). The molecule has 0 unspecified atom stereocenters. The third-order valence-electron chi connectivity index (χ3n) is 3.12. The zero-order valence-electron chi connectivity index (χ0n) is 12.9. The van der Waals surface area contributed by atoms with Crippen molar-refractivity contribution in [2.45, 2.75) is 0 Å². The minimum absolute atomic E-state index is 0.0468. The molecule has 0 aliphatic carbocycles. The molecule has 7 nitrogen and oxygen atoms in total. The van der Waals surface area contributed by atoms with Crippen molar-refractivity contribution in [3.63, 3.8) is 0 Å². The van der Waals surface area contributed by atoms with E-state index in [2.05, 4.69) is 10.6 Å². The normalized spacial score (nSPS) is 10.0. The fraction of sp³-hybridized carbons (Fsp3) is 0.0625. The monoisotopic (exact) mass is 380 g/mol. The second-order valence-electron chi connectivity index (χ2n) is 4.79. The summed E-state index contributed by atoms with van der Waals surface area (Å²) in [7, 11) is 1.42. The Labute approximate surface area is 153 Å². The van der Waals surface area contributed by atoms with E-state index in [9.17, 15) is 14.7 Å². The molecule has 0 saturated heterocycles. The number of methoxy groups -OCH3 is 1. The topological polar surface area (TPSA) is 108 Å². The first-order chi connectivity index (χ1) is 11.8. The van der Waals surface area contributed by atoms with Gasteiger partial charge in [-0.2, -0.15) is 0 Å². The van der Waals surface area contributed by atoms with Crippen molar-refractivity contribution in [1.82, 2.24) is 5.32 Å². The Kier molecular flexibility index (Phi) is 5.79. The molecule has 0 aromatic heterocycles. The molecule has 9 heteroatoms. The van der Waals surface area contributed by atoms with Gasteiger partial charge in [0.2, 0.25) is 0 Å². The van der Waals surface area contributed by atoms with Gasteiger partial charge in [0.05, 0.1) is 12.7 Å². The Bertz CT molecular complexity index is 856. The summed E-state index contributed by atoms with van der Waals surface area (Å²) < 4.78 is 5.10. The molecule has 2 aromatic carbocycles. The number of carbonyl (C=O) groups is 2. The maximum Gasteiger partial charge on any atom is 0.339 e.